The molecular formula is C38H41FN2O8S2. The lowest BCUT2D eigenvalue weighted by molar-refractivity contribution is -0.387. The molecule has 1 heterocycles. The van der Waals surface area contributed by atoms with E-state index in [1.54, 1.807) is 19.1 Å². The highest BCUT2D eigenvalue weighted by atomic mass is 32.2. The first kappa shape index (κ1) is 37.8. The van der Waals surface area contributed by atoms with E-state index < -0.39 is 42.9 Å². The second-order valence-electron chi connectivity index (χ2n) is 12.6. The Morgan fingerprint density at radius 2 is 1.73 bits per heavy atom. The van der Waals surface area contributed by atoms with Crippen molar-refractivity contribution in [3.63, 3.8) is 0 Å². The molecule has 0 aromatic heterocycles. The van der Waals surface area contributed by atoms with E-state index in [2.05, 4.69) is 0 Å². The predicted molar refractivity (Wildman–Crippen MR) is 196 cm³/mol. The van der Waals surface area contributed by atoms with Crippen molar-refractivity contribution in [2.75, 3.05) is 29.0 Å². The molecule has 270 valence electrons. The molecule has 0 saturated carbocycles. The molecule has 1 saturated heterocycles. The van der Waals surface area contributed by atoms with Gasteiger partial charge in [-0.3, -0.25) is 19.2 Å². The average Bonchev–Trinajstić information content (AvgIpc) is 3.09. The summed E-state index contributed by atoms with van der Waals surface area (Å²) in [4.78, 5) is 22.5. The number of para-hydroxylation sites is 1. The Balaban J connectivity index is 1.48. The van der Waals surface area contributed by atoms with Gasteiger partial charge >= 0.3 is 5.97 Å². The van der Waals surface area contributed by atoms with Crippen LogP contribution in [0.1, 0.15) is 48.4 Å². The smallest absolute Gasteiger partial charge is 0.306 e. The molecule has 1 fully saturated rings. The molecule has 0 aliphatic carbocycles. The predicted octanol–water partition coefficient (Wildman–Crippen LogP) is 7.55. The second-order valence-corrected chi connectivity index (χ2v) is 15.6. The number of benzene rings is 4. The van der Waals surface area contributed by atoms with Crippen molar-refractivity contribution in [2.45, 2.75) is 63.5 Å². The monoisotopic (exact) mass is 736 g/mol. The average molecular weight is 737 g/mol. The maximum absolute atomic E-state index is 15.5. The quantitative estimate of drug-likeness (QED) is 0.0791. The van der Waals surface area contributed by atoms with Gasteiger partial charge in [0.2, 0.25) is 0 Å². The van der Waals surface area contributed by atoms with Crippen LogP contribution in [-0.4, -0.2) is 54.7 Å². The molecule has 0 atom stereocenters. The Bertz CT molecular complexity index is 1990. The normalized spacial score (nSPS) is 14.1. The van der Waals surface area contributed by atoms with Crippen LogP contribution in [0.15, 0.2) is 83.8 Å². The molecule has 1 aliphatic rings. The number of anilines is 1. The third-order valence-electron chi connectivity index (χ3n) is 8.84. The largest absolute Gasteiger partial charge is 0.491 e. The lowest BCUT2D eigenvalue weighted by atomic mass is 9.94. The van der Waals surface area contributed by atoms with Gasteiger partial charge in [-0.2, -0.15) is 11.8 Å². The Hall–Kier alpha value is -4.46. The van der Waals surface area contributed by atoms with Crippen LogP contribution in [0.25, 0.3) is 11.1 Å². The van der Waals surface area contributed by atoms with Gasteiger partial charge in [-0.25, -0.2) is 12.8 Å². The third kappa shape index (κ3) is 9.07. The molecule has 13 heteroatoms. The molecule has 1 aliphatic heterocycles. The summed E-state index contributed by atoms with van der Waals surface area (Å²) >= 11 is 1.82. The molecule has 0 amide bonds. The number of ether oxygens (including phenoxy) is 2. The van der Waals surface area contributed by atoms with Crippen molar-refractivity contribution in [2.24, 2.45) is 0 Å². The van der Waals surface area contributed by atoms with E-state index in [9.17, 15) is 28.4 Å². The lowest BCUT2D eigenvalue weighted by Crippen LogP contribution is -2.39. The number of nitro groups is 1. The maximum atomic E-state index is 15.5. The summed E-state index contributed by atoms with van der Waals surface area (Å²) in [6.07, 6.45) is 1.35. The van der Waals surface area contributed by atoms with Crippen molar-refractivity contribution in [1.29, 1.82) is 0 Å². The molecule has 0 bridgehead atoms. The van der Waals surface area contributed by atoms with Crippen molar-refractivity contribution >= 4 is 39.1 Å². The second kappa shape index (κ2) is 16.3. The highest BCUT2D eigenvalue weighted by molar-refractivity contribution is 7.99. The van der Waals surface area contributed by atoms with E-state index in [4.69, 9.17) is 9.47 Å². The fraction of sp³-hybridized carbons (Fsp3) is 0.342. The van der Waals surface area contributed by atoms with Gasteiger partial charge in [-0.1, -0.05) is 36.4 Å². The zero-order chi connectivity index (χ0) is 36.8. The number of nitro benzene ring substituents is 1. The fourth-order valence-corrected chi connectivity index (χ4v) is 9.05. The standard InChI is InChI=1S/C38H41FN2O8S2/c1-4-48-36(42)15-13-29-12-14-31(23-33(29)39)40(51(46,47)35-11-6-5-10-34(35)41(44)45)24-28-8-7-9-30(22-28)37-26(2)20-32(21-27(37)3)49-25-38(43)16-18-50-19-17-38/h5-12,14,20-23,43H,4,13,15-19,24-25H2,1-3H3. The van der Waals surface area contributed by atoms with Crippen LogP contribution in [0.5, 0.6) is 5.75 Å². The Morgan fingerprint density at radius 3 is 2.39 bits per heavy atom. The first-order chi connectivity index (χ1) is 24.3. The first-order valence-electron chi connectivity index (χ1n) is 16.6. The van der Waals surface area contributed by atoms with E-state index >= 15 is 4.39 Å². The maximum Gasteiger partial charge on any atom is 0.306 e. The van der Waals surface area contributed by atoms with Crippen molar-refractivity contribution < 1.29 is 37.1 Å². The molecule has 5 rings (SSSR count). The van der Waals surface area contributed by atoms with Gasteiger partial charge < -0.3 is 14.6 Å². The number of hydrogen-bond donors (Lipinski definition) is 1. The summed E-state index contributed by atoms with van der Waals surface area (Å²) in [7, 11) is -4.60. The number of halogens is 1. The summed E-state index contributed by atoms with van der Waals surface area (Å²) in [5, 5.41) is 22.8. The number of carbonyl (C=O) groups excluding carboxylic acids is 1. The van der Waals surface area contributed by atoms with Crippen LogP contribution in [0.3, 0.4) is 0 Å². The highest BCUT2D eigenvalue weighted by Gasteiger charge is 2.33. The summed E-state index contributed by atoms with van der Waals surface area (Å²) in [6, 6.07) is 20.0. The molecule has 1 N–H and O–H groups in total. The van der Waals surface area contributed by atoms with Crippen LogP contribution >= 0.6 is 11.8 Å². The third-order valence-corrected chi connectivity index (χ3v) is 11.6. The van der Waals surface area contributed by atoms with Gasteiger partial charge in [0, 0.05) is 12.5 Å². The van der Waals surface area contributed by atoms with Gasteiger partial charge in [0.1, 0.15) is 23.8 Å². The number of thioether (sulfide) groups is 1. The summed E-state index contributed by atoms with van der Waals surface area (Å²) < 4.78 is 55.9. The van der Waals surface area contributed by atoms with Gasteiger partial charge in [0.15, 0.2) is 4.90 Å². The minimum atomic E-state index is -4.60. The minimum Gasteiger partial charge on any atom is -0.491 e. The number of hydrogen-bond acceptors (Lipinski definition) is 9. The topological polar surface area (TPSA) is 136 Å². The fourth-order valence-electron chi connectivity index (χ4n) is 6.19. The van der Waals surface area contributed by atoms with Gasteiger partial charge in [0.25, 0.3) is 15.7 Å². The van der Waals surface area contributed by atoms with Crippen LogP contribution in [0.4, 0.5) is 15.8 Å². The Morgan fingerprint density at radius 1 is 1.02 bits per heavy atom. The number of carbonyl (C=O) groups is 1. The van der Waals surface area contributed by atoms with E-state index in [0.717, 1.165) is 56.3 Å². The van der Waals surface area contributed by atoms with Gasteiger partial charge in [0.05, 0.1) is 23.8 Å². The SMILES string of the molecule is CCOC(=O)CCc1ccc(N(Cc2cccc(-c3c(C)cc(OCC4(O)CCSCC4)cc3C)c2)S(=O)(=O)c2ccccc2[N+](=O)[O-])cc1F. The number of aryl methyl sites for hydroxylation is 3. The van der Waals surface area contributed by atoms with Crippen LogP contribution in [-0.2, 0) is 32.5 Å². The van der Waals surface area contributed by atoms with E-state index in [-0.39, 0.29) is 43.9 Å². The summed E-state index contributed by atoms with van der Waals surface area (Å²) in [5.41, 5.74) is 2.81. The number of sulfonamides is 1. The number of rotatable bonds is 14. The number of esters is 1. The Kier molecular flexibility index (Phi) is 12.0. The molecule has 0 radical (unpaired) electrons. The molecular weight excluding hydrogens is 696 g/mol. The van der Waals surface area contributed by atoms with Crippen LogP contribution in [0, 0.1) is 29.8 Å². The minimum absolute atomic E-state index is 0.0389. The van der Waals surface area contributed by atoms with E-state index in [1.165, 1.54) is 24.3 Å². The van der Waals surface area contributed by atoms with Crippen molar-refractivity contribution in [3.05, 3.63) is 117 Å². The lowest BCUT2D eigenvalue weighted by Gasteiger charge is -2.31. The van der Waals surface area contributed by atoms with Gasteiger partial charge in [-0.15, -0.1) is 0 Å². The molecule has 0 unspecified atom stereocenters. The van der Waals surface area contributed by atoms with E-state index in [1.807, 2.05) is 49.9 Å². The molecule has 51 heavy (non-hydrogen) atoms. The van der Waals surface area contributed by atoms with Crippen LogP contribution < -0.4 is 9.04 Å². The highest BCUT2D eigenvalue weighted by Crippen LogP contribution is 2.36. The molecule has 0 spiro atoms. The summed E-state index contributed by atoms with van der Waals surface area (Å²) in [6.45, 7) is 5.71. The molecule has 10 nitrogen and oxygen atoms in total. The molecule has 4 aromatic carbocycles. The first-order valence-corrected chi connectivity index (χ1v) is 19.2. The van der Waals surface area contributed by atoms with Gasteiger partial charge in [-0.05, 0) is 121 Å². The summed E-state index contributed by atoms with van der Waals surface area (Å²) in [5.74, 6) is 1.23. The van der Waals surface area contributed by atoms with Crippen molar-refractivity contribution in [3.8, 4) is 16.9 Å². The zero-order valence-electron chi connectivity index (χ0n) is 28.8. The van der Waals surface area contributed by atoms with E-state index in [0.29, 0.717) is 24.2 Å². The number of aliphatic hydroxyl groups is 1. The Labute approximate surface area is 301 Å². The van der Waals surface area contributed by atoms with Crippen molar-refractivity contribution in [1.82, 2.24) is 0 Å². The molecule has 4 aromatic rings. The van der Waals surface area contributed by atoms with Crippen LogP contribution in [0.2, 0.25) is 0 Å². The number of nitrogens with zero attached hydrogens (tertiary/aromatic N) is 2. The zero-order valence-corrected chi connectivity index (χ0v) is 30.4.